The molecule has 0 spiro atoms. The van der Waals surface area contributed by atoms with Gasteiger partial charge in [0.1, 0.15) is 11.5 Å². The Morgan fingerprint density at radius 3 is 2.52 bits per heavy atom. The summed E-state index contributed by atoms with van der Waals surface area (Å²) in [6.07, 6.45) is 0. The van der Waals surface area contributed by atoms with Crippen LogP contribution in [0, 0.1) is 18.8 Å². The lowest BCUT2D eigenvalue weighted by atomic mass is 9.88. The van der Waals surface area contributed by atoms with Gasteiger partial charge >= 0.3 is 0 Å². The molecule has 1 atom stereocenters. The van der Waals surface area contributed by atoms with E-state index in [0.717, 1.165) is 35.8 Å². The Bertz CT molecular complexity index is 678. The molecule has 4 nitrogen and oxygen atoms in total. The van der Waals surface area contributed by atoms with Gasteiger partial charge in [-0.15, -0.1) is 0 Å². The summed E-state index contributed by atoms with van der Waals surface area (Å²) in [5, 5.41) is 6.17. The van der Waals surface area contributed by atoms with E-state index in [4.69, 9.17) is 4.74 Å². The van der Waals surface area contributed by atoms with Gasteiger partial charge in [-0.2, -0.15) is 0 Å². The van der Waals surface area contributed by atoms with Crippen LogP contribution in [-0.4, -0.2) is 19.0 Å². The van der Waals surface area contributed by atoms with Crippen molar-refractivity contribution >= 4 is 11.6 Å². The predicted octanol–water partition coefficient (Wildman–Crippen LogP) is 3.58. The third-order valence-electron chi connectivity index (χ3n) is 4.28. The van der Waals surface area contributed by atoms with Crippen LogP contribution >= 0.6 is 0 Å². The Labute approximate surface area is 136 Å². The van der Waals surface area contributed by atoms with Gasteiger partial charge in [0.15, 0.2) is 0 Å². The smallest absolute Gasteiger partial charge is 0.227 e. The first-order valence-electron chi connectivity index (χ1n) is 7.98. The maximum Gasteiger partial charge on any atom is 0.227 e. The fraction of sp³-hybridized carbons (Fsp3) is 0.316. The van der Waals surface area contributed by atoms with Gasteiger partial charge in [0.2, 0.25) is 5.91 Å². The first-order valence-corrected chi connectivity index (χ1v) is 7.98. The van der Waals surface area contributed by atoms with E-state index in [2.05, 4.69) is 10.6 Å². The van der Waals surface area contributed by atoms with E-state index in [1.807, 2.05) is 62.4 Å². The van der Waals surface area contributed by atoms with Crippen LogP contribution < -0.4 is 15.4 Å². The van der Waals surface area contributed by atoms with Crippen molar-refractivity contribution in [2.24, 2.45) is 11.8 Å². The second-order valence-electron chi connectivity index (χ2n) is 6.14. The quantitative estimate of drug-likeness (QED) is 0.887. The van der Waals surface area contributed by atoms with Gasteiger partial charge in [-0.3, -0.25) is 4.79 Å². The Morgan fingerprint density at radius 1 is 1.17 bits per heavy atom. The van der Waals surface area contributed by atoms with Crippen molar-refractivity contribution in [3.05, 3.63) is 54.1 Å². The first kappa shape index (κ1) is 15.6. The average Bonchev–Trinajstić information content (AvgIpc) is 2.47. The maximum atomic E-state index is 12.2. The van der Waals surface area contributed by atoms with E-state index in [0.29, 0.717) is 5.92 Å². The molecule has 1 amide bonds. The van der Waals surface area contributed by atoms with Crippen molar-refractivity contribution in [2.45, 2.75) is 13.8 Å². The number of amides is 1. The highest BCUT2D eigenvalue weighted by atomic mass is 16.5. The summed E-state index contributed by atoms with van der Waals surface area (Å²) in [7, 11) is 0. The summed E-state index contributed by atoms with van der Waals surface area (Å²) in [4.78, 5) is 12.2. The molecule has 1 fully saturated rings. The Kier molecular flexibility index (Phi) is 4.63. The number of carbonyl (C=O) groups excluding carboxylic acids is 1. The zero-order chi connectivity index (χ0) is 16.2. The number of aryl methyl sites for hydroxylation is 1. The molecule has 1 aliphatic heterocycles. The number of hydrogen-bond acceptors (Lipinski definition) is 3. The molecule has 2 aromatic rings. The number of hydrogen-bond donors (Lipinski definition) is 2. The van der Waals surface area contributed by atoms with Gasteiger partial charge in [-0.25, -0.2) is 0 Å². The molecule has 1 unspecified atom stereocenters. The maximum absolute atomic E-state index is 12.2. The van der Waals surface area contributed by atoms with E-state index in [1.54, 1.807) is 0 Å². The predicted molar refractivity (Wildman–Crippen MR) is 91.8 cm³/mol. The van der Waals surface area contributed by atoms with Gasteiger partial charge in [-0.1, -0.05) is 19.1 Å². The minimum Gasteiger partial charge on any atom is -0.457 e. The standard InChI is InChI=1S/C19H22N2O2/c1-13-4-3-5-18(10-13)23-17-8-6-16(7-9-17)21-19(22)14(2)15-11-20-12-15/h3-10,14-15,20H,11-12H2,1-2H3,(H,21,22). The summed E-state index contributed by atoms with van der Waals surface area (Å²) in [6.45, 7) is 5.87. The minimum absolute atomic E-state index is 0.0273. The van der Waals surface area contributed by atoms with E-state index in [9.17, 15) is 4.79 Å². The van der Waals surface area contributed by atoms with Crippen molar-refractivity contribution in [3.8, 4) is 11.5 Å². The van der Waals surface area contributed by atoms with Crippen LogP contribution in [0.1, 0.15) is 12.5 Å². The van der Waals surface area contributed by atoms with E-state index < -0.39 is 0 Å². The molecule has 0 bridgehead atoms. The number of anilines is 1. The second kappa shape index (κ2) is 6.84. The summed E-state index contributed by atoms with van der Waals surface area (Å²) in [5.74, 6) is 2.11. The molecule has 23 heavy (non-hydrogen) atoms. The Hall–Kier alpha value is -2.33. The minimum atomic E-state index is 0.0273. The van der Waals surface area contributed by atoms with Crippen LogP contribution in [0.4, 0.5) is 5.69 Å². The number of benzene rings is 2. The molecule has 1 aliphatic rings. The van der Waals surface area contributed by atoms with Crippen molar-refractivity contribution in [1.29, 1.82) is 0 Å². The van der Waals surface area contributed by atoms with Crippen molar-refractivity contribution in [3.63, 3.8) is 0 Å². The monoisotopic (exact) mass is 310 g/mol. The Morgan fingerprint density at radius 2 is 1.91 bits per heavy atom. The van der Waals surface area contributed by atoms with Gasteiger partial charge in [-0.05, 0) is 67.9 Å². The molecule has 1 heterocycles. The highest BCUT2D eigenvalue weighted by Crippen LogP contribution is 2.24. The highest BCUT2D eigenvalue weighted by molar-refractivity contribution is 5.92. The van der Waals surface area contributed by atoms with Crippen LogP contribution in [0.15, 0.2) is 48.5 Å². The normalized spacial score (nSPS) is 15.6. The molecule has 1 saturated heterocycles. The summed E-state index contributed by atoms with van der Waals surface area (Å²) in [6, 6.07) is 15.4. The van der Waals surface area contributed by atoms with Crippen LogP contribution in [-0.2, 0) is 4.79 Å². The zero-order valence-electron chi connectivity index (χ0n) is 13.5. The molecule has 120 valence electrons. The lowest BCUT2D eigenvalue weighted by Gasteiger charge is -2.31. The highest BCUT2D eigenvalue weighted by Gasteiger charge is 2.28. The molecule has 4 heteroatoms. The number of ether oxygens (including phenoxy) is 1. The molecular formula is C19H22N2O2. The van der Waals surface area contributed by atoms with Crippen LogP contribution in [0.5, 0.6) is 11.5 Å². The number of rotatable bonds is 5. The van der Waals surface area contributed by atoms with Crippen LogP contribution in [0.3, 0.4) is 0 Å². The van der Waals surface area contributed by atoms with Crippen molar-refractivity contribution in [2.75, 3.05) is 18.4 Å². The molecule has 0 aliphatic carbocycles. The number of nitrogens with one attached hydrogen (secondary N) is 2. The Balaban J connectivity index is 1.59. The lowest BCUT2D eigenvalue weighted by Crippen LogP contribution is -2.48. The summed E-state index contributed by atoms with van der Waals surface area (Å²) in [5.41, 5.74) is 1.96. The van der Waals surface area contributed by atoms with Gasteiger partial charge < -0.3 is 15.4 Å². The zero-order valence-corrected chi connectivity index (χ0v) is 13.5. The van der Waals surface area contributed by atoms with Crippen LogP contribution in [0.25, 0.3) is 0 Å². The first-order chi connectivity index (χ1) is 11.1. The molecule has 0 radical (unpaired) electrons. The van der Waals surface area contributed by atoms with E-state index in [-0.39, 0.29) is 11.8 Å². The average molecular weight is 310 g/mol. The van der Waals surface area contributed by atoms with E-state index in [1.165, 1.54) is 0 Å². The topological polar surface area (TPSA) is 50.4 Å². The fourth-order valence-corrected chi connectivity index (χ4v) is 2.56. The molecule has 3 rings (SSSR count). The number of carbonyl (C=O) groups is 1. The summed E-state index contributed by atoms with van der Waals surface area (Å²) < 4.78 is 5.81. The largest absolute Gasteiger partial charge is 0.457 e. The summed E-state index contributed by atoms with van der Waals surface area (Å²) >= 11 is 0. The molecule has 2 aromatic carbocycles. The van der Waals surface area contributed by atoms with Crippen LogP contribution in [0.2, 0.25) is 0 Å². The third-order valence-corrected chi connectivity index (χ3v) is 4.28. The molecule has 2 N–H and O–H groups in total. The second-order valence-corrected chi connectivity index (χ2v) is 6.14. The SMILES string of the molecule is Cc1cccc(Oc2ccc(NC(=O)C(C)C3CNC3)cc2)c1. The molecular weight excluding hydrogens is 288 g/mol. The van der Waals surface area contributed by atoms with Crippen molar-refractivity contribution < 1.29 is 9.53 Å². The fourth-order valence-electron chi connectivity index (χ4n) is 2.56. The van der Waals surface area contributed by atoms with Crippen molar-refractivity contribution in [1.82, 2.24) is 5.32 Å². The molecule has 0 aromatic heterocycles. The van der Waals surface area contributed by atoms with Gasteiger partial charge in [0, 0.05) is 11.6 Å². The van der Waals surface area contributed by atoms with E-state index >= 15 is 0 Å². The lowest BCUT2D eigenvalue weighted by molar-refractivity contribution is -0.121. The molecule has 0 saturated carbocycles. The third kappa shape index (κ3) is 3.90. The van der Waals surface area contributed by atoms with Gasteiger partial charge in [0.25, 0.3) is 0 Å². The van der Waals surface area contributed by atoms with Gasteiger partial charge in [0.05, 0.1) is 0 Å².